The summed E-state index contributed by atoms with van der Waals surface area (Å²) in [5.74, 6) is 0. The van der Waals surface area contributed by atoms with Crippen molar-refractivity contribution in [2.45, 2.75) is 20.3 Å². The van der Waals surface area contributed by atoms with Crippen molar-refractivity contribution < 1.29 is 5.11 Å². The number of hydrogen-bond donors (Lipinski definition) is 3. The Morgan fingerprint density at radius 1 is 1.38 bits per heavy atom. The molecule has 0 atom stereocenters. The van der Waals surface area contributed by atoms with Crippen LogP contribution < -0.4 is 5.32 Å². The molecule has 0 radical (unpaired) electrons. The summed E-state index contributed by atoms with van der Waals surface area (Å²) >= 11 is 0. The van der Waals surface area contributed by atoms with Crippen molar-refractivity contribution in [3.63, 3.8) is 0 Å². The molecule has 1 rings (SSSR count). The molecule has 0 aliphatic rings. The van der Waals surface area contributed by atoms with Crippen LogP contribution in [0.4, 0.5) is 0 Å². The van der Waals surface area contributed by atoms with E-state index in [1.54, 1.807) is 0 Å². The van der Waals surface area contributed by atoms with Crippen LogP contribution in [-0.2, 0) is 6.42 Å². The molecule has 1 aromatic rings. The van der Waals surface area contributed by atoms with E-state index in [0.717, 1.165) is 24.4 Å². The molecule has 4 nitrogen and oxygen atoms in total. The van der Waals surface area contributed by atoms with Crippen molar-refractivity contribution in [2.24, 2.45) is 0 Å². The van der Waals surface area contributed by atoms with Crippen LogP contribution >= 0.6 is 0 Å². The monoisotopic (exact) mass is 183 g/mol. The Morgan fingerprint density at radius 2 is 2.15 bits per heavy atom. The molecule has 4 heteroatoms. The van der Waals surface area contributed by atoms with Crippen LogP contribution in [0.15, 0.2) is 0 Å². The number of nitrogens with one attached hydrogen (secondary N) is 2. The number of aromatic amines is 1. The lowest BCUT2D eigenvalue weighted by molar-refractivity contribution is 0.293. The molecule has 0 fully saturated rings. The fraction of sp³-hybridized carbons (Fsp3) is 0.667. The molecule has 0 spiro atoms. The fourth-order valence-corrected chi connectivity index (χ4v) is 1.36. The molecule has 3 N–H and O–H groups in total. The van der Waals surface area contributed by atoms with E-state index >= 15 is 0 Å². The highest BCUT2D eigenvalue weighted by atomic mass is 16.3. The Balaban J connectivity index is 2.36. The van der Waals surface area contributed by atoms with E-state index in [2.05, 4.69) is 15.5 Å². The smallest absolute Gasteiger partial charge is 0.0626 e. The summed E-state index contributed by atoms with van der Waals surface area (Å²) in [6.07, 6.45) is 0.966. The van der Waals surface area contributed by atoms with Gasteiger partial charge in [-0.05, 0) is 32.4 Å². The molecule has 1 aromatic heterocycles. The average molecular weight is 183 g/mol. The van der Waals surface area contributed by atoms with Gasteiger partial charge in [0.25, 0.3) is 0 Å². The molecule has 0 saturated heterocycles. The molecule has 0 aliphatic heterocycles. The summed E-state index contributed by atoms with van der Waals surface area (Å²) < 4.78 is 0. The third kappa shape index (κ3) is 2.82. The average Bonchev–Trinajstić information content (AvgIpc) is 2.42. The number of aliphatic hydroxyl groups excluding tert-OH is 1. The third-order valence-corrected chi connectivity index (χ3v) is 2.12. The van der Waals surface area contributed by atoms with Crippen molar-refractivity contribution in [3.8, 4) is 0 Å². The van der Waals surface area contributed by atoms with Gasteiger partial charge in [-0.3, -0.25) is 5.10 Å². The summed E-state index contributed by atoms with van der Waals surface area (Å²) in [4.78, 5) is 0. The summed E-state index contributed by atoms with van der Waals surface area (Å²) in [6, 6.07) is 0. The molecule has 0 aromatic carbocycles. The second-order valence-corrected chi connectivity index (χ2v) is 3.14. The zero-order valence-electron chi connectivity index (χ0n) is 8.22. The minimum absolute atomic E-state index is 0.198. The van der Waals surface area contributed by atoms with Gasteiger partial charge in [-0.15, -0.1) is 0 Å². The topological polar surface area (TPSA) is 60.9 Å². The van der Waals surface area contributed by atoms with Crippen molar-refractivity contribution in [3.05, 3.63) is 17.0 Å². The van der Waals surface area contributed by atoms with Gasteiger partial charge >= 0.3 is 0 Å². The van der Waals surface area contributed by atoms with Gasteiger partial charge in [0.15, 0.2) is 0 Å². The lowest BCUT2D eigenvalue weighted by Gasteiger charge is -2.02. The van der Waals surface area contributed by atoms with Gasteiger partial charge in [-0.2, -0.15) is 5.10 Å². The number of nitrogens with zero attached hydrogens (tertiary/aromatic N) is 1. The predicted octanol–water partition coefficient (Wildman–Crippen LogP) is 0.151. The second-order valence-electron chi connectivity index (χ2n) is 3.14. The van der Waals surface area contributed by atoms with Crippen molar-refractivity contribution in [1.29, 1.82) is 0 Å². The number of H-pyrrole nitrogens is 1. The molecule has 74 valence electrons. The van der Waals surface area contributed by atoms with Crippen molar-refractivity contribution in [2.75, 3.05) is 19.7 Å². The Bertz CT molecular complexity index is 238. The number of aliphatic hydroxyl groups is 1. The maximum Gasteiger partial charge on any atom is 0.0626 e. The molecule has 0 unspecified atom stereocenters. The van der Waals surface area contributed by atoms with Gasteiger partial charge < -0.3 is 10.4 Å². The summed E-state index contributed by atoms with van der Waals surface area (Å²) in [6.45, 7) is 5.79. The van der Waals surface area contributed by atoms with E-state index in [4.69, 9.17) is 5.11 Å². The van der Waals surface area contributed by atoms with E-state index < -0.39 is 0 Å². The lowest BCUT2D eigenvalue weighted by Crippen LogP contribution is -2.21. The zero-order valence-corrected chi connectivity index (χ0v) is 8.22. The van der Waals surface area contributed by atoms with Crippen LogP contribution in [0.3, 0.4) is 0 Å². The van der Waals surface area contributed by atoms with E-state index in [9.17, 15) is 0 Å². The first-order chi connectivity index (χ1) is 6.25. The van der Waals surface area contributed by atoms with Crippen LogP contribution in [0.1, 0.15) is 17.0 Å². The molecule has 13 heavy (non-hydrogen) atoms. The molecule has 0 amide bonds. The van der Waals surface area contributed by atoms with E-state index in [1.165, 1.54) is 5.56 Å². The third-order valence-electron chi connectivity index (χ3n) is 2.12. The highest BCUT2D eigenvalue weighted by Crippen LogP contribution is 2.08. The molecule has 1 heterocycles. The van der Waals surface area contributed by atoms with Gasteiger partial charge in [0.05, 0.1) is 12.3 Å². The van der Waals surface area contributed by atoms with Gasteiger partial charge in [-0.1, -0.05) is 0 Å². The summed E-state index contributed by atoms with van der Waals surface area (Å²) in [7, 11) is 0. The highest BCUT2D eigenvalue weighted by molar-refractivity contribution is 5.23. The predicted molar refractivity (Wildman–Crippen MR) is 51.7 cm³/mol. The van der Waals surface area contributed by atoms with Crippen molar-refractivity contribution >= 4 is 0 Å². The van der Waals surface area contributed by atoms with E-state index in [0.29, 0.717) is 6.54 Å². The Kier molecular flexibility index (Phi) is 3.92. The lowest BCUT2D eigenvalue weighted by atomic mass is 10.1. The van der Waals surface area contributed by atoms with Crippen LogP contribution in [-0.4, -0.2) is 35.0 Å². The maximum atomic E-state index is 8.55. The Hall–Kier alpha value is -0.870. The van der Waals surface area contributed by atoms with Crippen LogP contribution in [0.2, 0.25) is 0 Å². The Morgan fingerprint density at radius 3 is 2.69 bits per heavy atom. The fourth-order valence-electron chi connectivity index (χ4n) is 1.36. The molecule has 0 saturated carbocycles. The van der Waals surface area contributed by atoms with Gasteiger partial charge in [0.2, 0.25) is 0 Å². The number of aryl methyl sites for hydroxylation is 2. The standard InChI is InChI=1S/C9H17N3O/c1-7-9(8(2)12-11-7)3-4-10-5-6-13/h10,13H,3-6H2,1-2H3,(H,11,12). The highest BCUT2D eigenvalue weighted by Gasteiger charge is 2.04. The minimum atomic E-state index is 0.198. The molecular formula is C9H17N3O. The number of hydrogen-bond acceptors (Lipinski definition) is 3. The molecule has 0 bridgehead atoms. The second kappa shape index (κ2) is 4.99. The normalized spacial score (nSPS) is 10.7. The quantitative estimate of drug-likeness (QED) is 0.569. The largest absolute Gasteiger partial charge is 0.395 e. The first-order valence-corrected chi connectivity index (χ1v) is 4.57. The minimum Gasteiger partial charge on any atom is -0.395 e. The van der Waals surface area contributed by atoms with Crippen molar-refractivity contribution in [1.82, 2.24) is 15.5 Å². The van der Waals surface area contributed by atoms with Gasteiger partial charge in [0.1, 0.15) is 0 Å². The summed E-state index contributed by atoms with van der Waals surface area (Å²) in [5.41, 5.74) is 3.50. The van der Waals surface area contributed by atoms with Crippen LogP contribution in [0, 0.1) is 13.8 Å². The van der Waals surface area contributed by atoms with Gasteiger partial charge in [-0.25, -0.2) is 0 Å². The molecular weight excluding hydrogens is 166 g/mol. The number of aromatic nitrogens is 2. The van der Waals surface area contributed by atoms with E-state index in [-0.39, 0.29) is 6.61 Å². The maximum absolute atomic E-state index is 8.55. The molecule has 0 aliphatic carbocycles. The zero-order chi connectivity index (χ0) is 9.68. The first kappa shape index (κ1) is 10.2. The SMILES string of the molecule is Cc1n[nH]c(C)c1CCNCCO. The number of rotatable bonds is 5. The van der Waals surface area contributed by atoms with E-state index in [1.807, 2.05) is 13.8 Å². The first-order valence-electron chi connectivity index (χ1n) is 4.57. The van der Waals surface area contributed by atoms with Crippen LogP contribution in [0.5, 0.6) is 0 Å². The Labute approximate surface area is 78.4 Å². The summed E-state index contributed by atoms with van der Waals surface area (Å²) in [5, 5.41) is 18.8. The van der Waals surface area contributed by atoms with Gasteiger partial charge in [0, 0.05) is 12.2 Å². The van der Waals surface area contributed by atoms with Crippen LogP contribution in [0.25, 0.3) is 0 Å².